The van der Waals surface area contributed by atoms with Gasteiger partial charge in [-0.25, -0.2) is 4.98 Å². The van der Waals surface area contributed by atoms with Crippen LogP contribution in [0.4, 0.5) is 28.8 Å². The lowest BCUT2D eigenvalue weighted by Gasteiger charge is -2.17. The Balaban J connectivity index is 1.64. The molecule has 9 heteroatoms. The highest BCUT2D eigenvalue weighted by Crippen LogP contribution is 2.42. The first kappa shape index (κ1) is 22.5. The van der Waals surface area contributed by atoms with Gasteiger partial charge in [0.2, 0.25) is 11.9 Å². The summed E-state index contributed by atoms with van der Waals surface area (Å²) in [5.74, 6) is 1.03. The third-order valence-electron chi connectivity index (χ3n) is 5.61. The Bertz CT molecular complexity index is 1270. The van der Waals surface area contributed by atoms with E-state index in [0.717, 1.165) is 27.9 Å². The van der Waals surface area contributed by atoms with Gasteiger partial charge >= 0.3 is 0 Å². The number of benzene rings is 2. The SMILES string of the molecule is CN1C(=O)C(C)(C)c2cc(Nc3ncc(Br)c(Nc4ccccc4P(C)(C)=O)n3)ccc21. The number of anilines is 5. The van der Waals surface area contributed by atoms with E-state index in [1.54, 1.807) is 31.5 Å². The number of fused-ring (bicyclic) bond motifs is 1. The summed E-state index contributed by atoms with van der Waals surface area (Å²) in [7, 11) is -0.679. The Labute approximate surface area is 196 Å². The van der Waals surface area contributed by atoms with E-state index in [4.69, 9.17) is 0 Å². The van der Waals surface area contributed by atoms with Gasteiger partial charge in [-0.2, -0.15) is 4.98 Å². The molecule has 1 aliphatic rings. The second-order valence-electron chi connectivity index (χ2n) is 8.73. The number of likely N-dealkylation sites (N-methyl/N-ethyl adjacent to an activating group) is 1. The van der Waals surface area contributed by atoms with E-state index in [-0.39, 0.29) is 5.91 Å². The zero-order valence-corrected chi connectivity index (χ0v) is 21.1. The second-order valence-corrected chi connectivity index (χ2v) is 12.8. The Hall–Kier alpha value is -2.70. The predicted molar refractivity (Wildman–Crippen MR) is 135 cm³/mol. The molecule has 1 amide bonds. The van der Waals surface area contributed by atoms with Crippen LogP contribution in [0.25, 0.3) is 0 Å². The largest absolute Gasteiger partial charge is 0.339 e. The Morgan fingerprint density at radius 1 is 1.09 bits per heavy atom. The maximum atomic E-state index is 12.7. The highest BCUT2D eigenvalue weighted by Gasteiger charge is 2.42. The summed E-state index contributed by atoms with van der Waals surface area (Å²) in [5, 5.41) is 7.27. The van der Waals surface area contributed by atoms with Gasteiger partial charge in [-0.1, -0.05) is 12.1 Å². The van der Waals surface area contributed by atoms with E-state index in [2.05, 4.69) is 36.5 Å². The van der Waals surface area contributed by atoms with Crippen molar-refractivity contribution in [3.8, 4) is 0 Å². The molecule has 0 spiro atoms. The van der Waals surface area contributed by atoms with Gasteiger partial charge in [0.1, 0.15) is 13.0 Å². The van der Waals surface area contributed by atoms with Gasteiger partial charge < -0.3 is 20.1 Å². The van der Waals surface area contributed by atoms with Crippen LogP contribution in [0.3, 0.4) is 0 Å². The molecule has 32 heavy (non-hydrogen) atoms. The van der Waals surface area contributed by atoms with Crippen molar-refractivity contribution in [3.05, 3.63) is 58.7 Å². The molecule has 2 aromatic carbocycles. The number of rotatable bonds is 5. The number of aromatic nitrogens is 2. The minimum absolute atomic E-state index is 0.0684. The van der Waals surface area contributed by atoms with Crippen LogP contribution in [0.15, 0.2) is 53.1 Å². The van der Waals surface area contributed by atoms with Crippen LogP contribution in [-0.4, -0.2) is 36.3 Å². The molecule has 3 aromatic rings. The van der Waals surface area contributed by atoms with Crippen LogP contribution in [0.2, 0.25) is 0 Å². The molecule has 0 unspecified atom stereocenters. The van der Waals surface area contributed by atoms with Crippen LogP contribution in [-0.2, 0) is 14.8 Å². The second kappa shape index (κ2) is 8.01. The number of nitrogens with one attached hydrogen (secondary N) is 2. The topological polar surface area (TPSA) is 87.2 Å². The molecule has 0 atom stereocenters. The Morgan fingerprint density at radius 3 is 2.53 bits per heavy atom. The molecule has 0 radical (unpaired) electrons. The summed E-state index contributed by atoms with van der Waals surface area (Å²) >= 11 is 3.49. The van der Waals surface area contributed by atoms with Crippen molar-refractivity contribution in [2.45, 2.75) is 19.3 Å². The van der Waals surface area contributed by atoms with Crippen LogP contribution >= 0.6 is 23.1 Å². The molecule has 1 aromatic heterocycles. The molecule has 0 fully saturated rings. The van der Waals surface area contributed by atoms with Crippen LogP contribution in [0.1, 0.15) is 19.4 Å². The van der Waals surface area contributed by atoms with E-state index in [1.165, 1.54) is 0 Å². The minimum Gasteiger partial charge on any atom is -0.339 e. The van der Waals surface area contributed by atoms with Gasteiger partial charge in [0.25, 0.3) is 0 Å². The molecule has 0 aliphatic carbocycles. The first-order chi connectivity index (χ1) is 15.0. The first-order valence-corrected chi connectivity index (χ1v) is 13.5. The zero-order chi connectivity index (χ0) is 23.3. The summed E-state index contributed by atoms with van der Waals surface area (Å²) < 4.78 is 13.4. The fourth-order valence-electron chi connectivity index (χ4n) is 3.87. The van der Waals surface area contributed by atoms with Crippen molar-refractivity contribution in [2.24, 2.45) is 0 Å². The average molecular weight is 514 g/mol. The number of amides is 1. The standard InChI is InChI=1S/C23H25BrN5O2P/c1-23(2)15-12-14(10-11-18(15)29(3)21(23)30)26-22-25-13-16(24)20(28-22)27-17-8-6-7-9-19(17)32(4,5)31/h6-13H,1-5H3,(H2,25,26,27,28). The Morgan fingerprint density at radius 2 is 1.81 bits per heavy atom. The molecule has 1 aliphatic heterocycles. The lowest BCUT2D eigenvalue weighted by molar-refractivity contribution is -0.121. The number of hydrogen-bond donors (Lipinski definition) is 2. The summed E-state index contributed by atoms with van der Waals surface area (Å²) in [6.45, 7) is 7.34. The van der Waals surface area contributed by atoms with Crippen molar-refractivity contribution in [3.63, 3.8) is 0 Å². The van der Waals surface area contributed by atoms with Crippen LogP contribution in [0.5, 0.6) is 0 Å². The smallest absolute Gasteiger partial charge is 0.236 e. The quantitative estimate of drug-likeness (QED) is 0.454. The zero-order valence-electron chi connectivity index (χ0n) is 18.6. The molecule has 0 saturated heterocycles. The summed E-state index contributed by atoms with van der Waals surface area (Å²) in [4.78, 5) is 23.2. The highest BCUT2D eigenvalue weighted by molar-refractivity contribution is 9.10. The van der Waals surface area contributed by atoms with E-state index in [1.807, 2.05) is 56.3 Å². The summed E-state index contributed by atoms with van der Waals surface area (Å²) in [6.07, 6.45) is 1.66. The van der Waals surface area contributed by atoms with Gasteiger partial charge in [-0.05, 0) is 79.0 Å². The van der Waals surface area contributed by atoms with Gasteiger partial charge in [-0.3, -0.25) is 4.79 Å². The normalized spacial score (nSPS) is 14.9. The third kappa shape index (κ3) is 4.05. The number of carbonyl (C=O) groups excluding carboxylic acids is 1. The fraction of sp³-hybridized carbons (Fsp3) is 0.261. The van der Waals surface area contributed by atoms with E-state index in [9.17, 15) is 9.36 Å². The van der Waals surface area contributed by atoms with Crippen molar-refractivity contribution in [1.82, 2.24) is 9.97 Å². The molecular formula is C23H25BrN5O2P. The minimum atomic E-state index is -2.47. The monoisotopic (exact) mass is 513 g/mol. The number of hydrogen-bond acceptors (Lipinski definition) is 6. The van der Waals surface area contributed by atoms with Crippen molar-refractivity contribution < 1.29 is 9.36 Å². The van der Waals surface area contributed by atoms with Gasteiger partial charge in [0.05, 0.1) is 15.6 Å². The maximum Gasteiger partial charge on any atom is 0.236 e. The first-order valence-electron chi connectivity index (χ1n) is 10.1. The number of halogens is 1. The lowest BCUT2D eigenvalue weighted by Crippen LogP contribution is -2.33. The van der Waals surface area contributed by atoms with Gasteiger partial charge in [0.15, 0.2) is 0 Å². The van der Waals surface area contributed by atoms with Gasteiger partial charge in [-0.15, -0.1) is 0 Å². The lowest BCUT2D eigenvalue weighted by atomic mass is 9.86. The fourth-order valence-corrected chi connectivity index (χ4v) is 5.32. The molecule has 7 nitrogen and oxygen atoms in total. The molecule has 2 heterocycles. The van der Waals surface area contributed by atoms with Crippen molar-refractivity contribution >= 4 is 63.1 Å². The van der Waals surface area contributed by atoms with E-state index >= 15 is 0 Å². The molecule has 0 bridgehead atoms. The van der Waals surface area contributed by atoms with Crippen molar-refractivity contribution in [1.29, 1.82) is 0 Å². The van der Waals surface area contributed by atoms with Crippen LogP contribution in [0, 0.1) is 0 Å². The number of para-hydroxylation sites is 1. The van der Waals surface area contributed by atoms with E-state index < -0.39 is 12.6 Å². The van der Waals surface area contributed by atoms with Crippen molar-refractivity contribution in [2.75, 3.05) is 35.9 Å². The average Bonchev–Trinajstić information content (AvgIpc) is 2.90. The molecular weight excluding hydrogens is 489 g/mol. The number of nitrogens with zero attached hydrogens (tertiary/aromatic N) is 3. The van der Waals surface area contributed by atoms with Gasteiger partial charge in [0, 0.05) is 29.9 Å². The number of carbonyl (C=O) groups is 1. The third-order valence-corrected chi connectivity index (χ3v) is 7.74. The summed E-state index contributed by atoms with van der Waals surface area (Å²) in [5.41, 5.74) is 2.81. The van der Waals surface area contributed by atoms with E-state index in [0.29, 0.717) is 16.2 Å². The Kier molecular flexibility index (Phi) is 5.63. The molecule has 0 saturated carbocycles. The maximum absolute atomic E-state index is 12.7. The molecule has 166 valence electrons. The highest BCUT2D eigenvalue weighted by atomic mass is 79.9. The molecule has 2 N–H and O–H groups in total. The van der Waals surface area contributed by atoms with Crippen LogP contribution < -0.4 is 20.8 Å². The predicted octanol–water partition coefficient (Wildman–Crippen LogP) is 5.23. The summed E-state index contributed by atoms with van der Waals surface area (Å²) in [6, 6.07) is 13.3. The molecule has 4 rings (SSSR count).